The van der Waals surface area contributed by atoms with Gasteiger partial charge in [0, 0.05) is 6.42 Å². The maximum Gasteiger partial charge on any atom is 0.303 e. The lowest BCUT2D eigenvalue weighted by molar-refractivity contribution is -0.137. The summed E-state index contributed by atoms with van der Waals surface area (Å²) in [4.78, 5) is 10.2. The molecule has 1 rings (SSSR count). The number of hydrogen-bond donors (Lipinski definition) is 1. The lowest BCUT2D eigenvalue weighted by Gasteiger charge is -2.24. The van der Waals surface area contributed by atoms with E-state index in [9.17, 15) is 9.18 Å². The molecule has 1 aliphatic rings. The molecule has 0 unspecified atom stereocenters. The van der Waals surface area contributed by atoms with Gasteiger partial charge >= 0.3 is 5.97 Å². The predicted octanol–water partition coefficient (Wildman–Crippen LogP) is 2.38. The Kier molecular flexibility index (Phi) is 3.50. The molecule has 70 valence electrons. The van der Waals surface area contributed by atoms with Crippen LogP contribution < -0.4 is 0 Å². The molecule has 2 atom stereocenters. The molecule has 2 nitrogen and oxygen atoms in total. The molecule has 12 heavy (non-hydrogen) atoms. The first-order valence-corrected chi connectivity index (χ1v) is 4.56. The second-order valence-electron chi connectivity index (χ2n) is 3.49. The van der Waals surface area contributed by atoms with Crippen LogP contribution in [0.15, 0.2) is 0 Å². The van der Waals surface area contributed by atoms with Crippen molar-refractivity contribution < 1.29 is 14.3 Å². The quantitative estimate of drug-likeness (QED) is 0.713. The number of halogens is 1. The van der Waals surface area contributed by atoms with Crippen molar-refractivity contribution in [2.24, 2.45) is 5.92 Å². The minimum atomic E-state index is -0.812. The Morgan fingerprint density at radius 1 is 1.42 bits per heavy atom. The van der Waals surface area contributed by atoms with Gasteiger partial charge in [-0.1, -0.05) is 12.8 Å². The zero-order chi connectivity index (χ0) is 8.97. The second-order valence-corrected chi connectivity index (χ2v) is 3.49. The predicted molar refractivity (Wildman–Crippen MR) is 43.7 cm³/mol. The molecule has 3 heteroatoms. The molecule has 0 heterocycles. The van der Waals surface area contributed by atoms with Crippen molar-refractivity contribution in [1.29, 1.82) is 0 Å². The van der Waals surface area contributed by atoms with Crippen LogP contribution in [0.4, 0.5) is 4.39 Å². The fraction of sp³-hybridized carbons (Fsp3) is 0.889. The van der Waals surface area contributed by atoms with E-state index in [1.165, 1.54) is 0 Å². The Hall–Kier alpha value is -0.600. The third kappa shape index (κ3) is 2.80. The van der Waals surface area contributed by atoms with E-state index in [4.69, 9.17) is 5.11 Å². The second kappa shape index (κ2) is 4.43. The van der Waals surface area contributed by atoms with Crippen LogP contribution in [0.2, 0.25) is 0 Å². The Balaban J connectivity index is 2.24. The topological polar surface area (TPSA) is 37.3 Å². The molecule has 0 aliphatic heterocycles. The van der Waals surface area contributed by atoms with Gasteiger partial charge < -0.3 is 5.11 Å². The van der Waals surface area contributed by atoms with E-state index in [1.54, 1.807) is 0 Å². The molecule has 0 saturated heterocycles. The maximum absolute atomic E-state index is 13.1. The average molecular weight is 174 g/mol. The normalized spacial score (nSPS) is 30.1. The van der Waals surface area contributed by atoms with Gasteiger partial charge in [-0.05, 0) is 25.2 Å². The van der Waals surface area contributed by atoms with Crippen molar-refractivity contribution in [1.82, 2.24) is 0 Å². The first-order valence-electron chi connectivity index (χ1n) is 4.56. The monoisotopic (exact) mass is 174 g/mol. The van der Waals surface area contributed by atoms with Crippen LogP contribution in [0.1, 0.15) is 38.5 Å². The van der Waals surface area contributed by atoms with Gasteiger partial charge in [-0.15, -0.1) is 0 Å². The lowest BCUT2D eigenvalue weighted by Crippen LogP contribution is -2.21. The van der Waals surface area contributed by atoms with E-state index >= 15 is 0 Å². The van der Waals surface area contributed by atoms with Crippen molar-refractivity contribution in [3.63, 3.8) is 0 Å². The molecular weight excluding hydrogens is 159 g/mol. The number of hydrogen-bond acceptors (Lipinski definition) is 1. The molecule has 0 aromatic heterocycles. The summed E-state index contributed by atoms with van der Waals surface area (Å²) in [6.07, 6.45) is 3.40. The number of carboxylic acids is 1. The number of carbonyl (C=O) groups is 1. The van der Waals surface area contributed by atoms with Gasteiger partial charge in [0.25, 0.3) is 0 Å². The van der Waals surface area contributed by atoms with Gasteiger partial charge in [0.15, 0.2) is 0 Å². The van der Waals surface area contributed by atoms with E-state index in [0.29, 0.717) is 12.8 Å². The van der Waals surface area contributed by atoms with Gasteiger partial charge in [0.1, 0.15) is 6.17 Å². The van der Waals surface area contributed by atoms with Crippen molar-refractivity contribution in [3.8, 4) is 0 Å². The maximum atomic E-state index is 13.1. The van der Waals surface area contributed by atoms with Gasteiger partial charge in [-0.3, -0.25) is 4.79 Å². The van der Waals surface area contributed by atoms with Gasteiger partial charge in [-0.2, -0.15) is 0 Å². The standard InChI is InChI=1S/C9H15FO2/c10-8-4-2-1-3-7(8)5-6-9(11)12/h7-8H,1-6H2,(H,11,12)/t7-,8+/m0/s1. The van der Waals surface area contributed by atoms with E-state index in [0.717, 1.165) is 19.3 Å². The van der Waals surface area contributed by atoms with Crippen LogP contribution >= 0.6 is 0 Å². The zero-order valence-corrected chi connectivity index (χ0v) is 7.13. The highest BCUT2D eigenvalue weighted by molar-refractivity contribution is 5.66. The Morgan fingerprint density at radius 2 is 2.08 bits per heavy atom. The highest BCUT2D eigenvalue weighted by Crippen LogP contribution is 2.30. The number of alkyl halides is 1. The molecule has 0 radical (unpaired) electrons. The number of aliphatic carboxylic acids is 1. The third-order valence-corrected chi connectivity index (χ3v) is 2.55. The Morgan fingerprint density at radius 3 is 2.67 bits per heavy atom. The molecule has 1 aliphatic carbocycles. The first-order chi connectivity index (χ1) is 5.70. The molecule has 0 aromatic carbocycles. The summed E-state index contributed by atoms with van der Waals surface area (Å²) in [5.41, 5.74) is 0. The molecule has 1 N–H and O–H groups in total. The largest absolute Gasteiger partial charge is 0.481 e. The number of carboxylic acid groups (broad SMARTS) is 1. The van der Waals surface area contributed by atoms with E-state index in [1.807, 2.05) is 0 Å². The summed E-state index contributed by atoms with van der Waals surface area (Å²) in [6.45, 7) is 0. The van der Waals surface area contributed by atoms with E-state index in [2.05, 4.69) is 0 Å². The summed E-state index contributed by atoms with van der Waals surface area (Å²) >= 11 is 0. The van der Waals surface area contributed by atoms with Crippen LogP contribution in [-0.4, -0.2) is 17.2 Å². The van der Waals surface area contributed by atoms with Crippen LogP contribution in [0.5, 0.6) is 0 Å². The fourth-order valence-corrected chi connectivity index (χ4v) is 1.80. The first kappa shape index (κ1) is 9.49. The molecule has 0 aromatic rings. The summed E-state index contributed by atoms with van der Waals surface area (Å²) < 4.78 is 13.1. The lowest BCUT2D eigenvalue weighted by atomic mass is 9.84. The summed E-state index contributed by atoms with van der Waals surface area (Å²) in [5, 5.41) is 8.41. The van der Waals surface area contributed by atoms with Crippen molar-refractivity contribution >= 4 is 5.97 Å². The minimum absolute atomic E-state index is 0.00912. The van der Waals surface area contributed by atoms with Crippen molar-refractivity contribution in [3.05, 3.63) is 0 Å². The molecule has 0 spiro atoms. The highest BCUT2D eigenvalue weighted by Gasteiger charge is 2.24. The van der Waals surface area contributed by atoms with Crippen LogP contribution in [0, 0.1) is 5.92 Å². The van der Waals surface area contributed by atoms with Gasteiger partial charge in [0.05, 0.1) is 0 Å². The highest BCUT2D eigenvalue weighted by atomic mass is 19.1. The van der Waals surface area contributed by atoms with E-state index in [-0.39, 0.29) is 12.3 Å². The third-order valence-electron chi connectivity index (χ3n) is 2.55. The summed E-state index contributed by atoms with van der Waals surface area (Å²) in [5.74, 6) is -0.803. The smallest absolute Gasteiger partial charge is 0.303 e. The van der Waals surface area contributed by atoms with Gasteiger partial charge in [-0.25, -0.2) is 4.39 Å². The number of rotatable bonds is 3. The van der Waals surface area contributed by atoms with Crippen molar-refractivity contribution in [2.75, 3.05) is 0 Å². The van der Waals surface area contributed by atoms with Crippen LogP contribution in [-0.2, 0) is 4.79 Å². The molecule has 0 bridgehead atoms. The minimum Gasteiger partial charge on any atom is -0.481 e. The van der Waals surface area contributed by atoms with Gasteiger partial charge in [0.2, 0.25) is 0 Å². The van der Waals surface area contributed by atoms with Crippen LogP contribution in [0.25, 0.3) is 0 Å². The van der Waals surface area contributed by atoms with Crippen molar-refractivity contribution in [2.45, 2.75) is 44.7 Å². The molecular formula is C9H15FO2. The fourth-order valence-electron chi connectivity index (χ4n) is 1.80. The average Bonchev–Trinajstić information content (AvgIpc) is 2.03. The molecule has 1 fully saturated rings. The van der Waals surface area contributed by atoms with Crippen LogP contribution in [0.3, 0.4) is 0 Å². The molecule has 0 amide bonds. The Labute approximate surface area is 71.8 Å². The van der Waals surface area contributed by atoms with E-state index < -0.39 is 12.1 Å². The SMILES string of the molecule is O=C(O)CC[C@@H]1CCCC[C@H]1F. The molecule has 1 saturated carbocycles. The Bertz CT molecular complexity index is 159. The summed E-state index contributed by atoms with van der Waals surface area (Å²) in [6, 6.07) is 0. The summed E-state index contributed by atoms with van der Waals surface area (Å²) in [7, 11) is 0. The zero-order valence-electron chi connectivity index (χ0n) is 7.13.